The highest BCUT2D eigenvalue weighted by molar-refractivity contribution is 7.45. The van der Waals surface area contributed by atoms with Gasteiger partial charge in [0.2, 0.25) is 0 Å². The zero-order valence-electron chi connectivity index (χ0n) is 35.8. The van der Waals surface area contributed by atoms with Crippen LogP contribution < -0.4 is 4.89 Å². The van der Waals surface area contributed by atoms with Gasteiger partial charge in [0.05, 0.1) is 34.0 Å². The minimum atomic E-state index is -4.55. The predicted molar refractivity (Wildman–Crippen MR) is 231 cm³/mol. The summed E-state index contributed by atoms with van der Waals surface area (Å²) in [7, 11) is 1.29. The fourth-order valence-corrected chi connectivity index (χ4v) is 6.17. The molecule has 0 aliphatic rings. The third-order valence-corrected chi connectivity index (χ3v) is 9.77. The highest BCUT2D eigenvalue weighted by Gasteiger charge is 2.20. The number of phosphoric ester groups is 1. The molecule has 0 saturated carbocycles. The van der Waals surface area contributed by atoms with Crippen molar-refractivity contribution >= 4 is 13.8 Å². The maximum absolute atomic E-state index is 12.7. The van der Waals surface area contributed by atoms with Crippen molar-refractivity contribution in [2.75, 3.05) is 47.5 Å². The van der Waals surface area contributed by atoms with Gasteiger partial charge >= 0.3 is 5.97 Å². The fraction of sp³-hybridized carbons (Fsp3) is 0.717. The molecule has 0 saturated heterocycles. The lowest BCUT2D eigenvalue weighted by atomic mass is 10.1. The summed E-state index contributed by atoms with van der Waals surface area (Å²) in [6.45, 7) is 4.56. The van der Waals surface area contributed by atoms with Gasteiger partial charge in [-0.15, -0.1) is 0 Å². The highest BCUT2D eigenvalue weighted by atomic mass is 31.2. The first-order valence-electron chi connectivity index (χ1n) is 21.7. The zero-order valence-corrected chi connectivity index (χ0v) is 36.7. The Labute approximate surface area is 338 Å². The van der Waals surface area contributed by atoms with Crippen LogP contribution in [-0.2, 0) is 27.9 Å². The molecule has 0 aromatic heterocycles. The van der Waals surface area contributed by atoms with E-state index in [0.29, 0.717) is 17.4 Å². The SMILES string of the molecule is CC/C=C\C/C=C\C/C=C\C/C=C\CCCCCCC(=O)O[C@H](CO/C=C\CCCCCCCC/C=C\CCCCCC)COP(=O)([O-])OCC[N+](C)(C)C. The van der Waals surface area contributed by atoms with Crippen LogP contribution in [0.15, 0.2) is 73.1 Å². The molecule has 0 aliphatic heterocycles. The van der Waals surface area contributed by atoms with Gasteiger partial charge in [0.25, 0.3) is 7.82 Å². The molecule has 318 valence electrons. The van der Waals surface area contributed by atoms with E-state index in [9.17, 15) is 14.3 Å². The first-order valence-corrected chi connectivity index (χ1v) is 23.2. The summed E-state index contributed by atoms with van der Waals surface area (Å²) in [5.74, 6) is -0.384. The summed E-state index contributed by atoms with van der Waals surface area (Å²) < 4.78 is 34.3. The number of ether oxygens (including phenoxy) is 2. The molecule has 1 unspecified atom stereocenters. The molecule has 0 aliphatic carbocycles. The van der Waals surface area contributed by atoms with Crippen molar-refractivity contribution in [3.8, 4) is 0 Å². The Morgan fingerprint density at radius 3 is 1.62 bits per heavy atom. The smallest absolute Gasteiger partial charge is 0.306 e. The van der Waals surface area contributed by atoms with Crippen LogP contribution >= 0.6 is 7.82 Å². The second-order valence-electron chi connectivity index (χ2n) is 15.4. The highest BCUT2D eigenvalue weighted by Crippen LogP contribution is 2.38. The van der Waals surface area contributed by atoms with E-state index in [0.717, 1.165) is 64.2 Å². The molecule has 0 aromatic carbocycles. The van der Waals surface area contributed by atoms with Gasteiger partial charge in [-0.3, -0.25) is 9.36 Å². The van der Waals surface area contributed by atoms with E-state index in [1.165, 1.54) is 70.6 Å². The number of hydrogen-bond donors (Lipinski definition) is 0. The van der Waals surface area contributed by atoms with Crippen molar-refractivity contribution in [2.24, 2.45) is 0 Å². The molecule has 0 rings (SSSR count). The molecule has 0 heterocycles. The largest absolute Gasteiger partial charge is 0.756 e. The lowest BCUT2D eigenvalue weighted by Crippen LogP contribution is -2.37. The lowest BCUT2D eigenvalue weighted by Gasteiger charge is -2.28. The van der Waals surface area contributed by atoms with Crippen molar-refractivity contribution in [3.63, 3.8) is 0 Å². The molecule has 0 fully saturated rings. The third kappa shape index (κ3) is 42.8. The Morgan fingerprint density at radius 2 is 1.07 bits per heavy atom. The summed E-state index contributed by atoms with van der Waals surface area (Å²) >= 11 is 0. The van der Waals surface area contributed by atoms with Gasteiger partial charge in [-0.05, 0) is 89.5 Å². The minimum Gasteiger partial charge on any atom is -0.756 e. The van der Waals surface area contributed by atoms with E-state index in [4.69, 9.17) is 18.5 Å². The lowest BCUT2D eigenvalue weighted by molar-refractivity contribution is -0.870. The molecular formula is C46H82NO7P. The second-order valence-corrected chi connectivity index (χ2v) is 16.8. The topological polar surface area (TPSA) is 94.1 Å². The minimum absolute atomic E-state index is 0.00315. The van der Waals surface area contributed by atoms with Gasteiger partial charge in [-0.2, -0.15) is 0 Å². The molecule has 0 radical (unpaired) electrons. The van der Waals surface area contributed by atoms with Crippen LogP contribution in [0.5, 0.6) is 0 Å². The maximum Gasteiger partial charge on any atom is 0.306 e. The fourth-order valence-electron chi connectivity index (χ4n) is 5.44. The van der Waals surface area contributed by atoms with Crippen molar-refractivity contribution in [3.05, 3.63) is 73.1 Å². The van der Waals surface area contributed by atoms with E-state index in [2.05, 4.69) is 74.6 Å². The normalized spacial score (nSPS) is 14.4. The Hall–Kier alpha value is -2.22. The number of allylic oxidation sites excluding steroid dienone is 11. The summed E-state index contributed by atoms with van der Waals surface area (Å²) in [6, 6.07) is 0. The Bertz CT molecular complexity index is 1110. The summed E-state index contributed by atoms with van der Waals surface area (Å²) in [5, 5.41) is 0. The number of nitrogens with zero attached hydrogens (tertiary/aromatic N) is 1. The van der Waals surface area contributed by atoms with Gasteiger partial charge in [-0.1, -0.05) is 132 Å². The van der Waals surface area contributed by atoms with Gasteiger partial charge < -0.3 is 27.9 Å². The van der Waals surface area contributed by atoms with Gasteiger partial charge in [0.15, 0.2) is 6.10 Å². The van der Waals surface area contributed by atoms with E-state index < -0.39 is 13.9 Å². The van der Waals surface area contributed by atoms with Crippen molar-refractivity contribution < 1.29 is 37.3 Å². The summed E-state index contributed by atoms with van der Waals surface area (Å²) in [6.07, 6.45) is 50.0. The Balaban J connectivity index is 4.37. The Morgan fingerprint density at radius 1 is 0.600 bits per heavy atom. The number of carbonyl (C=O) groups excluding carboxylic acids is 1. The molecule has 0 aromatic rings. The number of rotatable bonds is 39. The van der Waals surface area contributed by atoms with Crippen LogP contribution in [-0.4, -0.2) is 64.1 Å². The summed E-state index contributed by atoms with van der Waals surface area (Å²) in [5.41, 5.74) is 0. The first-order chi connectivity index (χ1) is 26.6. The number of unbranched alkanes of at least 4 members (excludes halogenated alkanes) is 15. The number of esters is 1. The molecule has 8 nitrogen and oxygen atoms in total. The third-order valence-electron chi connectivity index (χ3n) is 8.81. The van der Waals surface area contributed by atoms with Crippen LogP contribution in [0.4, 0.5) is 0 Å². The molecule has 2 atom stereocenters. The van der Waals surface area contributed by atoms with E-state index >= 15 is 0 Å². The maximum atomic E-state index is 12.7. The van der Waals surface area contributed by atoms with Crippen LogP contribution in [0.2, 0.25) is 0 Å². The van der Waals surface area contributed by atoms with Crippen LogP contribution in [0, 0.1) is 0 Å². The number of phosphoric acid groups is 1. The van der Waals surface area contributed by atoms with E-state index in [-0.39, 0.29) is 32.2 Å². The van der Waals surface area contributed by atoms with Crippen LogP contribution in [0.25, 0.3) is 0 Å². The number of quaternary nitrogens is 1. The summed E-state index contributed by atoms with van der Waals surface area (Å²) in [4.78, 5) is 25.0. The number of likely N-dealkylation sites (N-methyl/N-ethyl adjacent to an activating group) is 1. The first kappa shape index (κ1) is 52.8. The molecule has 0 N–H and O–H groups in total. The van der Waals surface area contributed by atoms with Crippen LogP contribution in [0.3, 0.4) is 0 Å². The van der Waals surface area contributed by atoms with Gasteiger partial charge in [0, 0.05) is 6.42 Å². The molecule has 0 bridgehead atoms. The van der Waals surface area contributed by atoms with Gasteiger partial charge in [0.1, 0.15) is 19.8 Å². The molecule has 0 amide bonds. The molecular weight excluding hydrogens is 709 g/mol. The van der Waals surface area contributed by atoms with Gasteiger partial charge in [-0.25, -0.2) is 0 Å². The standard InChI is InChI=1S/C46H82NO7P/c1-6-8-10-12-14-16-18-20-22-24-25-27-29-31-33-35-37-39-46(48)54-45(44-53-55(49,50)52-42-40-47(3,4)5)43-51-41-38-36-34-32-30-28-26-23-21-19-17-15-13-11-9-7-2/h8,10,14,16-17,19-20,22,25,27,38,41,45H,6-7,9,11-13,15,18,21,23-24,26,28-37,39-40,42-44H2,1-5H3/b10-8-,16-14-,19-17-,22-20-,27-25-,41-38-/t45-/m1/s1. The average molecular weight is 792 g/mol. The second kappa shape index (κ2) is 38.6. The Kier molecular flexibility index (Phi) is 37.1. The van der Waals surface area contributed by atoms with Crippen LogP contribution in [0.1, 0.15) is 162 Å². The zero-order chi connectivity index (χ0) is 40.6. The van der Waals surface area contributed by atoms with E-state index in [1.54, 1.807) is 6.26 Å². The van der Waals surface area contributed by atoms with E-state index in [1.807, 2.05) is 27.2 Å². The molecule has 0 spiro atoms. The van der Waals surface area contributed by atoms with Crippen molar-refractivity contribution in [1.29, 1.82) is 0 Å². The molecule has 9 heteroatoms. The van der Waals surface area contributed by atoms with Crippen molar-refractivity contribution in [1.82, 2.24) is 0 Å². The number of hydrogen-bond acceptors (Lipinski definition) is 7. The molecule has 55 heavy (non-hydrogen) atoms. The monoisotopic (exact) mass is 792 g/mol. The van der Waals surface area contributed by atoms with Crippen molar-refractivity contribution in [2.45, 2.75) is 168 Å². The number of carbonyl (C=O) groups is 1. The predicted octanol–water partition coefficient (Wildman–Crippen LogP) is 12.4. The average Bonchev–Trinajstić information content (AvgIpc) is 3.13. The quantitative estimate of drug-likeness (QED) is 0.0153.